The van der Waals surface area contributed by atoms with E-state index in [2.05, 4.69) is 16.9 Å². The number of nitrogens with one attached hydrogen (secondary N) is 2. The second-order valence-electron chi connectivity index (χ2n) is 9.71. The zero-order valence-corrected chi connectivity index (χ0v) is 22.6. The third-order valence-electron chi connectivity index (χ3n) is 7.13. The lowest BCUT2D eigenvalue weighted by Crippen LogP contribution is -2.45. The van der Waals surface area contributed by atoms with Crippen molar-refractivity contribution in [1.82, 2.24) is 9.97 Å². The standard InChI is InChI=1S/C23H30N2O6.C4H8.C2H6.2H2/c1-15-18(10-9-17(30-15)14-29-23(27)20-7-4-12-25-20)21-8-2-5-16(31-21)13-28-22(26)19-6-3-11-24-19;1-2-4-3-1;1-2;;/h3-4,6-7,11-12,15-18,21,24-25H,2,5,8-10,13-14H2,1H3;1-4H2;1-2H3;2*1H. The number of aromatic nitrogens is 2. The Bertz CT molecular complexity index is 901. The number of ether oxygens (including phenoxy) is 4. The van der Waals surface area contributed by atoms with Crippen molar-refractivity contribution in [2.24, 2.45) is 5.92 Å². The van der Waals surface area contributed by atoms with E-state index in [4.69, 9.17) is 18.9 Å². The van der Waals surface area contributed by atoms with Crippen molar-refractivity contribution >= 4 is 11.9 Å². The minimum absolute atomic E-state index is 0. The molecular weight excluding hydrogens is 472 g/mol. The third-order valence-corrected chi connectivity index (χ3v) is 7.13. The minimum Gasteiger partial charge on any atom is -0.458 e. The molecular formula is C29H48N2O6. The molecule has 2 aromatic heterocycles. The van der Waals surface area contributed by atoms with Crippen LogP contribution in [0.2, 0.25) is 0 Å². The highest BCUT2D eigenvalue weighted by atomic mass is 16.6. The molecule has 1 saturated carbocycles. The quantitative estimate of drug-likeness (QED) is 0.401. The molecule has 0 spiro atoms. The van der Waals surface area contributed by atoms with Crippen molar-refractivity contribution in [3.8, 4) is 0 Å². The lowest BCUT2D eigenvalue weighted by molar-refractivity contribution is -0.162. The van der Waals surface area contributed by atoms with Crippen LogP contribution in [-0.4, -0.2) is 59.5 Å². The van der Waals surface area contributed by atoms with Gasteiger partial charge in [-0.2, -0.15) is 0 Å². The van der Waals surface area contributed by atoms with Gasteiger partial charge in [-0.3, -0.25) is 0 Å². The molecule has 3 fully saturated rings. The first kappa shape index (κ1) is 29.0. The lowest BCUT2D eigenvalue weighted by Gasteiger charge is -2.41. The molecule has 210 valence electrons. The van der Waals surface area contributed by atoms with Gasteiger partial charge in [0.05, 0.1) is 24.4 Å². The van der Waals surface area contributed by atoms with E-state index in [0.29, 0.717) is 11.4 Å². The first-order chi connectivity index (χ1) is 18.1. The number of carbonyl (C=O) groups is 2. The molecule has 2 aliphatic heterocycles. The Morgan fingerprint density at radius 2 is 1.35 bits per heavy atom. The van der Waals surface area contributed by atoms with Crippen molar-refractivity contribution < 1.29 is 31.4 Å². The number of carbonyl (C=O) groups excluding carboxylic acids is 2. The van der Waals surface area contributed by atoms with E-state index in [1.54, 1.807) is 36.7 Å². The molecule has 8 nitrogen and oxygen atoms in total. The van der Waals surface area contributed by atoms with E-state index in [-0.39, 0.29) is 58.3 Å². The van der Waals surface area contributed by atoms with Crippen molar-refractivity contribution in [3.63, 3.8) is 0 Å². The summed E-state index contributed by atoms with van der Waals surface area (Å²) >= 11 is 0. The van der Waals surface area contributed by atoms with Crippen LogP contribution in [0.4, 0.5) is 0 Å². The second kappa shape index (κ2) is 15.6. The van der Waals surface area contributed by atoms with Crippen LogP contribution >= 0.6 is 0 Å². The Kier molecular flexibility index (Phi) is 12.2. The van der Waals surface area contributed by atoms with Gasteiger partial charge in [-0.15, -0.1) is 0 Å². The summed E-state index contributed by atoms with van der Waals surface area (Å²) in [6.45, 7) is 6.56. The van der Waals surface area contributed by atoms with Crippen LogP contribution in [0.3, 0.4) is 0 Å². The summed E-state index contributed by atoms with van der Waals surface area (Å²) in [5.41, 5.74) is 0.894. The van der Waals surface area contributed by atoms with Gasteiger partial charge in [0.25, 0.3) is 0 Å². The van der Waals surface area contributed by atoms with Gasteiger partial charge in [-0.05, 0) is 63.3 Å². The average molecular weight is 521 g/mol. The fourth-order valence-electron chi connectivity index (χ4n) is 4.72. The number of aromatic amines is 2. The van der Waals surface area contributed by atoms with Gasteiger partial charge < -0.3 is 28.9 Å². The Hall–Kier alpha value is -2.58. The van der Waals surface area contributed by atoms with E-state index in [0.717, 1.165) is 32.1 Å². The fourth-order valence-corrected chi connectivity index (χ4v) is 4.72. The van der Waals surface area contributed by atoms with Gasteiger partial charge in [0.15, 0.2) is 0 Å². The number of esters is 2. The van der Waals surface area contributed by atoms with Crippen molar-refractivity contribution in [2.45, 2.75) is 103 Å². The molecule has 0 radical (unpaired) electrons. The first-order valence-electron chi connectivity index (χ1n) is 14.0. The molecule has 0 amide bonds. The molecule has 3 aliphatic rings. The maximum atomic E-state index is 12.0. The van der Waals surface area contributed by atoms with Gasteiger partial charge in [0.2, 0.25) is 0 Å². The van der Waals surface area contributed by atoms with Crippen molar-refractivity contribution in [2.75, 3.05) is 13.2 Å². The zero-order chi connectivity index (χ0) is 26.5. The summed E-state index contributed by atoms with van der Waals surface area (Å²) in [7, 11) is 0. The Morgan fingerprint density at radius 3 is 1.81 bits per heavy atom. The zero-order valence-electron chi connectivity index (χ0n) is 22.6. The van der Waals surface area contributed by atoms with E-state index < -0.39 is 0 Å². The molecule has 5 atom stereocenters. The summed E-state index contributed by atoms with van der Waals surface area (Å²) in [6.07, 6.45) is 14.0. The highest BCUT2D eigenvalue weighted by Crippen LogP contribution is 2.34. The minimum atomic E-state index is -0.365. The van der Waals surface area contributed by atoms with Gasteiger partial charge in [0, 0.05) is 21.2 Å². The largest absolute Gasteiger partial charge is 0.458 e. The molecule has 0 aromatic carbocycles. The van der Waals surface area contributed by atoms with E-state index in [9.17, 15) is 9.59 Å². The van der Waals surface area contributed by atoms with Gasteiger partial charge in [-0.25, -0.2) is 9.59 Å². The second-order valence-corrected chi connectivity index (χ2v) is 9.71. The molecule has 4 heterocycles. The highest BCUT2D eigenvalue weighted by molar-refractivity contribution is 5.87. The van der Waals surface area contributed by atoms with Crippen LogP contribution in [0.25, 0.3) is 0 Å². The number of hydrogen-bond donors (Lipinski definition) is 2. The molecule has 2 saturated heterocycles. The van der Waals surface area contributed by atoms with Crippen molar-refractivity contribution in [1.29, 1.82) is 0 Å². The molecule has 2 aromatic rings. The molecule has 5 rings (SSSR count). The van der Waals surface area contributed by atoms with Crippen LogP contribution in [-0.2, 0) is 18.9 Å². The fraction of sp³-hybridized carbons (Fsp3) is 0.655. The van der Waals surface area contributed by atoms with Gasteiger partial charge >= 0.3 is 11.9 Å². The van der Waals surface area contributed by atoms with E-state index in [1.807, 2.05) is 13.8 Å². The molecule has 0 bridgehead atoms. The molecule has 2 N–H and O–H groups in total. The molecule has 1 aliphatic carbocycles. The lowest BCUT2D eigenvalue weighted by atomic mass is 9.84. The normalized spacial score (nSPS) is 26.8. The van der Waals surface area contributed by atoms with Crippen LogP contribution in [0, 0.1) is 5.92 Å². The van der Waals surface area contributed by atoms with Crippen LogP contribution in [0.1, 0.15) is 102 Å². The molecule has 5 unspecified atom stereocenters. The summed E-state index contributed by atoms with van der Waals surface area (Å²) in [5, 5.41) is 0. The van der Waals surface area contributed by atoms with Crippen LogP contribution in [0.15, 0.2) is 36.7 Å². The summed E-state index contributed by atoms with van der Waals surface area (Å²) in [4.78, 5) is 29.7. The number of hydrogen-bond acceptors (Lipinski definition) is 6. The average Bonchev–Trinajstić information content (AvgIpc) is 3.61. The maximum Gasteiger partial charge on any atom is 0.354 e. The highest BCUT2D eigenvalue weighted by Gasteiger charge is 2.37. The number of rotatable bonds is 7. The Labute approximate surface area is 223 Å². The molecule has 37 heavy (non-hydrogen) atoms. The molecule has 8 heteroatoms. The Balaban J connectivity index is 0.000000856. The van der Waals surface area contributed by atoms with Gasteiger partial charge in [-0.1, -0.05) is 39.5 Å². The third kappa shape index (κ3) is 9.04. The monoisotopic (exact) mass is 520 g/mol. The van der Waals surface area contributed by atoms with Crippen LogP contribution in [0.5, 0.6) is 0 Å². The predicted molar refractivity (Wildman–Crippen MR) is 146 cm³/mol. The predicted octanol–water partition coefficient (Wildman–Crippen LogP) is 6.56. The van der Waals surface area contributed by atoms with Crippen molar-refractivity contribution in [3.05, 3.63) is 48.0 Å². The first-order valence-corrected chi connectivity index (χ1v) is 14.0. The SMILES string of the molecule is C1CCC1.CC.CC1OC(COC(=O)c2ccc[nH]2)CCC1C1CCCC(COC(=O)c2ccc[nH]2)O1.[HH].[HH]. The van der Waals surface area contributed by atoms with E-state index >= 15 is 0 Å². The summed E-state index contributed by atoms with van der Waals surface area (Å²) in [6, 6.07) is 6.91. The van der Waals surface area contributed by atoms with Gasteiger partial charge in [0.1, 0.15) is 24.6 Å². The Morgan fingerprint density at radius 1 is 0.811 bits per heavy atom. The summed E-state index contributed by atoms with van der Waals surface area (Å²) < 4.78 is 23.2. The topological polar surface area (TPSA) is 103 Å². The number of H-pyrrole nitrogens is 2. The summed E-state index contributed by atoms with van der Waals surface area (Å²) in [5.74, 6) is -0.449. The van der Waals surface area contributed by atoms with Crippen LogP contribution < -0.4 is 0 Å². The smallest absolute Gasteiger partial charge is 0.354 e. The van der Waals surface area contributed by atoms with E-state index in [1.165, 1.54) is 25.7 Å². The maximum absolute atomic E-state index is 12.0.